The largest absolute Gasteiger partial charge is 0.338 e. The molecule has 1 N–H and O–H groups in total. The van der Waals surface area contributed by atoms with Crippen molar-refractivity contribution in [3.05, 3.63) is 95.6 Å². The Morgan fingerprint density at radius 3 is 2.33 bits per heavy atom. The van der Waals surface area contributed by atoms with Gasteiger partial charge in [0.1, 0.15) is 11.6 Å². The molecule has 0 saturated carbocycles. The number of carbonyl (C=O) groups is 1. The van der Waals surface area contributed by atoms with Crippen molar-refractivity contribution in [3.8, 4) is 0 Å². The average Bonchev–Trinajstić information content (AvgIpc) is 3.54. The third-order valence-corrected chi connectivity index (χ3v) is 12.4. The number of aromatic nitrogens is 2. The van der Waals surface area contributed by atoms with Gasteiger partial charge in [-0.1, -0.05) is 42.5 Å². The monoisotopic (exact) mass is 643 g/mol. The van der Waals surface area contributed by atoms with Crippen LogP contribution in [0.25, 0.3) is 11.0 Å². The molecule has 1 unspecified atom stereocenters. The molecule has 0 spiro atoms. The number of halogens is 1. The molecule has 4 heterocycles. The Hall–Kier alpha value is -3.60. The van der Waals surface area contributed by atoms with Gasteiger partial charge in [0.05, 0.1) is 21.5 Å². The van der Waals surface area contributed by atoms with Crippen molar-refractivity contribution >= 4 is 27.0 Å². The number of nitrogens with zero attached hydrogens (tertiary/aromatic N) is 4. The van der Waals surface area contributed by atoms with Crippen LogP contribution in [-0.2, 0) is 15.4 Å². The molecular weight excluding hydrogens is 601 g/mol. The molecule has 0 radical (unpaired) electrons. The summed E-state index contributed by atoms with van der Waals surface area (Å²) in [6, 6.07) is 24.0. The van der Waals surface area contributed by atoms with E-state index < -0.39 is 21.7 Å². The van der Waals surface area contributed by atoms with Gasteiger partial charge in [-0.15, -0.1) is 0 Å². The van der Waals surface area contributed by atoms with E-state index in [0.717, 1.165) is 62.1 Å². The minimum absolute atomic E-state index is 0.0959. The Morgan fingerprint density at radius 2 is 1.63 bits per heavy atom. The number of piperidine rings is 2. The Morgan fingerprint density at radius 1 is 0.957 bits per heavy atom. The van der Waals surface area contributed by atoms with Crippen LogP contribution in [0.5, 0.6) is 0 Å². The number of para-hydroxylation sites is 2. The second-order valence-electron chi connectivity index (χ2n) is 13.3. The first-order chi connectivity index (χ1) is 22.2. The molecule has 242 valence electrons. The topological polar surface area (TPSA) is 87.5 Å². The molecule has 3 fully saturated rings. The lowest BCUT2D eigenvalue weighted by Crippen LogP contribution is -2.49. The van der Waals surface area contributed by atoms with Crippen LogP contribution in [0.2, 0.25) is 0 Å². The van der Waals surface area contributed by atoms with Crippen molar-refractivity contribution < 1.29 is 17.6 Å². The number of fused-ring (bicyclic) bond motifs is 3. The summed E-state index contributed by atoms with van der Waals surface area (Å²) in [4.78, 5) is 22.7. The Bertz CT molecular complexity index is 1840. The van der Waals surface area contributed by atoms with Crippen LogP contribution in [0, 0.1) is 12.7 Å². The van der Waals surface area contributed by atoms with E-state index >= 15 is 0 Å². The first kappa shape index (κ1) is 31.0. The van der Waals surface area contributed by atoms with Gasteiger partial charge in [0.2, 0.25) is 10.0 Å². The minimum Gasteiger partial charge on any atom is -0.338 e. The molecule has 2 bridgehead atoms. The highest BCUT2D eigenvalue weighted by Gasteiger charge is 2.44. The Kier molecular flexibility index (Phi) is 8.23. The van der Waals surface area contributed by atoms with Crippen LogP contribution >= 0.6 is 0 Å². The standard InChI is InChI=1S/C36H42FN5O3S/c1-25-39-33-10-6-7-11-34(33)42(25)29-22-27-12-13-28(23-29)41(27)21-18-36(26-8-4-3-5-9-26)16-19-40(20-17-36)35(43)31-24-30(14-15-32(31)37)46(44,45)38-2/h3-11,14-15,24,27-29,38H,12-13,16-23H2,1-2H3/t27-,28+,29?. The number of benzene rings is 3. The van der Waals surface area contributed by atoms with Crippen molar-refractivity contribution in [1.82, 2.24) is 24.1 Å². The van der Waals surface area contributed by atoms with E-state index in [4.69, 9.17) is 4.98 Å². The third kappa shape index (κ3) is 5.54. The lowest BCUT2D eigenvalue weighted by Gasteiger charge is -2.45. The maximum absolute atomic E-state index is 14.8. The van der Waals surface area contributed by atoms with Crippen LogP contribution in [0.3, 0.4) is 0 Å². The summed E-state index contributed by atoms with van der Waals surface area (Å²) in [5.41, 5.74) is 3.30. The molecule has 3 saturated heterocycles. The molecular formula is C36H42FN5O3S. The fourth-order valence-electron chi connectivity index (χ4n) is 8.53. The van der Waals surface area contributed by atoms with E-state index in [2.05, 4.69) is 69.6 Å². The molecule has 8 nitrogen and oxygen atoms in total. The van der Waals surface area contributed by atoms with E-state index in [9.17, 15) is 17.6 Å². The predicted octanol–water partition coefficient (Wildman–Crippen LogP) is 5.82. The molecule has 7 rings (SSSR count). The smallest absolute Gasteiger partial charge is 0.256 e. The average molecular weight is 644 g/mol. The molecule has 10 heteroatoms. The van der Waals surface area contributed by atoms with Gasteiger partial charge in [0, 0.05) is 31.2 Å². The maximum atomic E-state index is 14.8. The van der Waals surface area contributed by atoms with E-state index in [1.165, 1.54) is 37.0 Å². The van der Waals surface area contributed by atoms with Gasteiger partial charge in [-0.2, -0.15) is 0 Å². The zero-order valence-corrected chi connectivity index (χ0v) is 27.3. The van der Waals surface area contributed by atoms with Gasteiger partial charge < -0.3 is 9.47 Å². The maximum Gasteiger partial charge on any atom is 0.256 e. The number of sulfonamides is 1. The van der Waals surface area contributed by atoms with Crippen molar-refractivity contribution in [3.63, 3.8) is 0 Å². The molecule has 1 amide bonds. The first-order valence-corrected chi connectivity index (χ1v) is 17.9. The summed E-state index contributed by atoms with van der Waals surface area (Å²) in [6.45, 7) is 4.10. The molecule has 3 atom stereocenters. The van der Waals surface area contributed by atoms with Crippen molar-refractivity contribution in [2.45, 2.75) is 80.3 Å². The molecule has 3 aliphatic rings. The summed E-state index contributed by atoms with van der Waals surface area (Å²) in [6.07, 6.45) is 7.24. The summed E-state index contributed by atoms with van der Waals surface area (Å²) < 4.78 is 44.2. The summed E-state index contributed by atoms with van der Waals surface area (Å²) in [5, 5.41) is 0. The van der Waals surface area contributed by atoms with Gasteiger partial charge in [0.25, 0.3) is 5.91 Å². The predicted molar refractivity (Wildman–Crippen MR) is 177 cm³/mol. The highest BCUT2D eigenvalue weighted by Crippen LogP contribution is 2.45. The number of hydrogen-bond donors (Lipinski definition) is 1. The lowest BCUT2D eigenvalue weighted by molar-refractivity contribution is 0.0603. The Balaban J connectivity index is 1.07. The van der Waals surface area contributed by atoms with Crippen LogP contribution in [0.15, 0.2) is 77.7 Å². The van der Waals surface area contributed by atoms with Crippen molar-refractivity contribution in [2.75, 3.05) is 26.7 Å². The third-order valence-electron chi connectivity index (χ3n) is 11.0. The van der Waals surface area contributed by atoms with Crippen LogP contribution in [-0.4, -0.2) is 72.4 Å². The molecule has 3 aromatic carbocycles. The highest BCUT2D eigenvalue weighted by atomic mass is 32.2. The number of amides is 1. The second-order valence-corrected chi connectivity index (χ2v) is 15.2. The minimum atomic E-state index is -3.80. The molecule has 0 aliphatic carbocycles. The molecule has 4 aromatic rings. The van der Waals surface area contributed by atoms with Crippen molar-refractivity contribution in [1.29, 1.82) is 0 Å². The Labute approximate surface area is 270 Å². The highest BCUT2D eigenvalue weighted by molar-refractivity contribution is 7.89. The van der Waals surface area contributed by atoms with E-state index in [1.54, 1.807) is 4.90 Å². The zero-order valence-electron chi connectivity index (χ0n) is 26.5. The van der Waals surface area contributed by atoms with Gasteiger partial charge in [0.15, 0.2) is 0 Å². The summed E-state index contributed by atoms with van der Waals surface area (Å²) in [5.74, 6) is -0.0777. The lowest BCUT2D eigenvalue weighted by atomic mass is 9.70. The van der Waals surface area contributed by atoms with E-state index in [-0.39, 0.29) is 15.9 Å². The molecule has 3 aliphatic heterocycles. The van der Waals surface area contributed by atoms with Gasteiger partial charge in [-0.25, -0.2) is 22.5 Å². The van der Waals surface area contributed by atoms with Crippen LogP contribution in [0.1, 0.15) is 72.7 Å². The first-order valence-electron chi connectivity index (χ1n) is 16.5. The van der Waals surface area contributed by atoms with Crippen LogP contribution < -0.4 is 4.72 Å². The number of rotatable bonds is 8. The fraction of sp³-hybridized carbons (Fsp3) is 0.444. The van der Waals surface area contributed by atoms with Crippen LogP contribution in [0.4, 0.5) is 4.39 Å². The zero-order chi connectivity index (χ0) is 32.1. The SMILES string of the molecule is CNS(=O)(=O)c1ccc(F)c(C(=O)N2CCC(CCN3[C@@H]4CC[C@H]3CC(n3c(C)nc5ccccc53)C4)(c3ccccc3)CC2)c1. The number of aryl methyl sites for hydroxylation is 1. The summed E-state index contributed by atoms with van der Waals surface area (Å²) in [7, 11) is -2.51. The van der Waals surface area contributed by atoms with E-state index in [1.807, 2.05) is 6.07 Å². The van der Waals surface area contributed by atoms with Gasteiger partial charge >= 0.3 is 0 Å². The number of imidazole rings is 1. The van der Waals surface area contributed by atoms with E-state index in [0.29, 0.717) is 31.2 Å². The number of likely N-dealkylation sites (tertiary alicyclic amines) is 1. The summed E-state index contributed by atoms with van der Waals surface area (Å²) >= 11 is 0. The number of hydrogen-bond acceptors (Lipinski definition) is 5. The van der Waals surface area contributed by atoms with Gasteiger partial charge in [-0.3, -0.25) is 9.69 Å². The normalized spacial score (nSPS) is 23.2. The van der Waals surface area contributed by atoms with Crippen molar-refractivity contribution in [2.24, 2.45) is 0 Å². The molecule has 46 heavy (non-hydrogen) atoms. The number of nitrogens with one attached hydrogen (secondary N) is 1. The quantitative estimate of drug-likeness (QED) is 0.261. The van der Waals surface area contributed by atoms with Gasteiger partial charge in [-0.05, 0) is 107 Å². The number of carbonyl (C=O) groups excluding carboxylic acids is 1. The molecule has 1 aromatic heterocycles. The second kappa shape index (κ2) is 12.2. The fourth-order valence-corrected chi connectivity index (χ4v) is 9.28.